The normalized spacial score (nSPS) is 18.9. The lowest BCUT2D eigenvalue weighted by Gasteiger charge is -2.21. The highest BCUT2D eigenvalue weighted by molar-refractivity contribution is 5.80. The first-order valence-electron chi connectivity index (χ1n) is 8.05. The van der Waals surface area contributed by atoms with Crippen molar-refractivity contribution in [1.29, 1.82) is 0 Å². The summed E-state index contributed by atoms with van der Waals surface area (Å²) in [7, 11) is 0. The van der Waals surface area contributed by atoms with Crippen LogP contribution < -0.4 is 10.1 Å². The summed E-state index contributed by atoms with van der Waals surface area (Å²) in [5, 5.41) is 13.0. The van der Waals surface area contributed by atoms with Crippen molar-refractivity contribution in [3.63, 3.8) is 0 Å². The molecule has 1 aliphatic rings. The van der Waals surface area contributed by atoms with Gasteiger partial charge in [0.2, 0.25) is 0 Å². The van der Waals surface area contributed by atoms with E-state index >= 15 is 0 Å². The molecule has 2 rings (SSSR count). The zero-order valence-corrected chi connectivity index (χ0v) is 13.7. The molecule has 1 fully saturated rings. The van der Waals surface area contributed by atoms with Crippen molar-refractivity contribution in [2.75, 3.05) is 19.6 Å². The molecule has 1 saturated heterocycles. The highest BCUT2D eigenvalue weighted by Crippen LogP contribution is 2.16. The second-order valence-corrected chi connectivity index (χ2v) is 5.87. The van der Waals surface area contributed by atoms with Gasteiger partial charge in [-0.25, -0.2) is 4.99 Å². The molecule has 0 amide bonds. The molecule has 0 bridgehead atoms. The van der Waals surface area contributed by atoms with Crippen LogP contribution in [0.25, 0.3) is 0 Å². The van der Waals surface area contributed by atoms with Gasteiger partial charge in [0, 0.05) is 19.6 Å². The zero-order chi connectivity index (χ0) is 15.9. The summed E-state index contributed by atoms with van der Waals surface area (Å²) in [6.45, 7) is 9.02. The number of aliphatic imine (C=N–C) groups is 1. The van der Waals surface area contributed by atoms with E-state index in [1.54, 1.807) is 0 Å². The molecule has 5 nitrogen and oxygen atoms in total. The van der Waals surface area contributed by atoms with Gasteiger partial charge < -0.3 is 20.1 Å². The second kappa shape index (κ2) is 8.03. The van der Waals surface area contributed by atoms with E-state index in [0.29, 0.717) is 13.1 Å². The second-order valence-electron chi connectivity index (χ2n) is 5.87. The van der Waals surface area contributed by atoms with E-state index in [2.05, 4.69) is 28.2 Å². The Morgan fingerprint density at radius 2 is 2.32 bits per heavy atom. The highest BCUT2D eigenvalue weighted by atomic mass is 16.5. The Kier molecular flexibility index (Phi) is 6.07. The minimum Gasteiger partial charge on any atom is -0.491 e. The summed E-state index contributed by atoms with van der Waals surface area (Å²) in [5.74, 6) is 1.75. The Labute approximate surface area is 133 Å². The quantitative estimate of drug-likeness (QED) is 0.645. The molecule has 0 aromatic heterocycles. The van der Waals surface area contributed by atoms with Crippen LogP contribution in [0.5, 0.6) is 5.75 Å². The fourth-order valence-corrected chi connectivity index (χ4v) is 2.52. The molecule has 5 heteroatoms. The van der Waals surface area contributed by atoms with Gasteiger partial charge in [0.05, 0.1) is 18.8 Å². The van der Waals surface area contributed by atoms with Crippen molar-refractivity contribution in [2.45, 2.75) is 45.9 Å². The Bertz CT molecular complexity index is 502. The third kappa shape index (κ3) is 4.91. The maximum atomic E-state index is 9.68. The number of hydrogen-bond donors (Lipinski definition) is 2. The summed E-state index contributed by atoms with van der Waals surface area (Å²) in [5.41, 5.74) is 1.12. The fraction of sp³-hybridized carbons (Fsp3) is 0.588. The Balaban J connectivity index is 2.03. The Hall–Kier alpha value is -1.75. The number of nitrogens with one attached hydrogen (secondary N) is 1. The van der Waals surface area contributed by atoms with Gasteiger partial charge >= 0.3 is 0 Å². The summed E-state index contributed by atoms with van der Waals surface area (Å²) in [4.78, 5) is 6.80. The summed E-state index contributed by atoms with van der Waals surface area (Å²) in [6, 6.07) is 8.05. The summed E-state index contributed by atoms with van der Waals surface area (Å²) in [6.07, 6.45) is 0.732. The lowest BCUT2D eigenvalue weighted by molar-refractivity contribution is 0.188. The number of ether oxygens (including phenoxy) is 1. The standard InChI is InChI=1S/C17H27N3O2/c1-4-18-17(20-9-8-15(21)12-20)19-11-14-6-5-7-16(10-14)22-13(2)3/h5-7,10,13,15,21H,4,8-9,11-12H2,1-3H3,(H,18,19)/t15-/m1/s1. The highest BCUT2D eigenvalue weighted by Gasteiger charge is 2.22. The van der Waals surface area contributed by atoms with Gasteiger partial charge in [-0.05, 0) is 44.9 Å². The first-order chi connectivity index (χ1) is 10.6. The van der Waals surface area contributed by atoms with Crippen molar-refractivity contribution in [3.05, 3.63) is 29.8 Å². The Morgan fingerprint density at radius 3 is 2.95 bits per heavy atom. The number of aliphatic hydroxyl groups is 1. The molecule has 0 saturated carbocycles. The van der Waals surface area contributed by atoms with Crippen LogP contribution >= 0.6 is 0 Å². The van der Waals surface area contributed by atoms with E-state index in [1.807, 2.05) is 32.0 Å². The molecule has 22 heavy (non-hydrogen) atoms. The van der Waals surface area contributed by atoms with Crippen molar-refractivity contribution < 1.29 is 9.84 Å². The maximum absolute atomic E-state index is 9.68. The van der Waals surface area contributed by atoms with Crippen LogP contribution in [0.1, 0.15) is 32.8 Å². The van der Waals surface area contributed by atoms with Gasteiger partial charge in [-0.15, -0.1) is 0 Å². The number of aliphatic hydroxyl groups excluding tert-OH is 1. The average Bonchev–Trinajstić information content (AvgIpc) is 2.89. The number of hydrogen-bond acceptors (Lipinski definition) is 3. The van der Waals surface area contributed by atoms with Crippen LogP contribution in [-0.4, -0.2) is 47.8 Å². The number of guanidine groups is 1. The smallest absolute Gasteiger partial charge is 0.194 e. The molecular weight excluding hydrogens is 278 g/mol. The van der Waals surface area contributed by atoms with E-state index in [1.165, 1.54) is 0 Å². The lowest BCUT2D eigenvalue weighted by Crippen LogP contribution is -2.40. The van der Waals surface area contributed by atoms with E-state index in [-0.39, 0.29) is 12.2 Å². The molecule has 0 unspecified atom stereocenters. The molecule has 1 aromatic rings. The van der Waals surface area contributed by atoms with Crippen molar-refractivity contribution in [3.8, 4) is 5.75 Å². The molecule has 1 heterocycles. The summed E-state index contributed by atoms with van der Waals surface area (Å²) >= 11 is 0. The monoisotopic (exact) mass is 305 g/mol. The molecule has 2 N–H and O–H groups in total. The van der Waals surface area contributed by atoms with Crippen LogP contribution in [0.4, 0.5) is 0 Å². The number of benzene rings is 1. The topological polar surface area (TPSA) is 57.1 Å². The van der Waals surface area contributed by atoms with Gasteiger partial charge in [-0.1, -0.05) is 12.1 Å². The number of rotatable bonds is 5. The predicted molar refractivity (Wildman–Crippen MR) is 89.2 cm³/mol. The third-order valence-electron chi connectivity index (χ3n) is 3.48. The molecule has 0 radical (unpaired) electrons. The minimum absolute atomic E-state index is 0.169. The fourth-order valence-electron chi connectivity index (χ4n) is 2.52. The molecule has 1 aliphatic heterocycles. The van der Waals surface area contributed by atoms with Crippen LogP contribution in [-0.2, 0) is 6.54 Å². The SMILES string of the molecule is CCNC(=NCc1cccc(OC(C)C)c1)N1CC[C@@H](O)C1. The maximum Gasteiger partial charge on any atom is 0.194 e. The molecule has 1 atom stereocenters. The third-order valence-corrected chi connectivity index (χ3v) is 3.48. The molecule has 1 aromatic carbocycles. The molecule has 0 aliphatic carbocycles. The number of likely N-dealkylation sites (tertiary alicyclic amines) is 1. The van der Waals surface area contributed by atoms with Gasteiger partial charge in [0.25, 0.3) is 0 Å². The number of β-amino-alcohol motifs (C(OH)–C–C–N with tert-alkyl or cyclic N) is 1. The van der Waals surface area contributed by atoms with Gasteiger partial charge in [0.1, 0.15) is 5.75 Å². The largest absolute Gasteiger partial charge is 0.491 e. The number of nitrogens with zero attached hydrogens (tertiary/aromatic N) is 2. The first kappa shape index (κ1) is 16.6. The van der Waals surface area contributed by atoms with Crippen LogP contribution in [0.3, 0.4) is 0 Å². The van der Waals surface area contributed by atoms with Gasteiger partial charge in [0.15, 0.2) is 5.96 Å². The van der Waals surface area contributed by atoms with E-state index in [9.17, 15) is 5.11 Å². The van der Waals surface area contributed by atoms with Crippen molar-refractivity contribution >= 4 is 5.96 Å². The zero-order valence-electron chi connectivity index (χ0n) is 13.7. The Morgan fingerprint density at radius 1 is 1.50 bits per heavy atom. The predicted octanol–water partition coefficient (Wildman–Crippen LogP) is 2.01. The summed E-state index contributed by atoms with van der Waals surface area (Å²) < 4.78 is 5.72. The molecule has 0 spiro atoms. The average molecular weight is 305 g/mol. The lowest BCUT2D eigenvalue weighted by atomic mass is 10.2. The van der Waals surface area contributed by atoms with Crippen LogP contribution in [0, 0.1) is 0 Å². The van der Waals surface area contributed by atoms with Crippen molar-refractivity contribution in [2.24, 2.45) is 4.99 Å². The van der Waals surface area contributed by atoms with Crippen LogP contribution in [0.15, 0.2) is 29.3 Å². The van der Waals surface area contributed by atoms with E-state index in [4.69, 9.17) is 4.74 Å². The molecular formula is C17H27N3O2. The molecule has 122 valence electrons. The van der Waals surface area contributed by atoms with Crippen molar-refractivity contribution in [1.82, 2.24) is 10.2 Å². The van der Waals surface area contributed by atoms with E-state index in [0.717, 1.165) is 36.8 Å². The first-order valence-corrected chi connectivity index (χ1v) is 8.05. The van der Waals surface area contributed by atoms with E-state index < -0.39 is 0 Å². The van der Waals surface area contributed by atoms with Crippen LogP contribution in [0.2, 0.25) is 0 Å². The van der Waals surface area contributed by atoms with Gasteiger partial charge in [-0.3, -0.25) is 0 Å². The minimum atomic E-state index is -0.244. The van der Waals surface area contributed by atoms with Gasteiger partial charge in [-0.2, -0.15) is 0 Å².